The average molecular weight is 475 g/mol. The number of aryl methyl sites for hydroxylation is 1. The number of carbonyl (C=O) groups is 2. The number of halogens is 3. The van der Waals surface area contributed by atoms with E-state index in [1.807, 2.05) is 30.0 Å². The van der Waals surface area contributed by atoms with Crippen LogP contribution in [0.4, 0.5) is 24.7 Å². The summed E-state index contributed by atoms with van der Waals surface area (Å²) in [5.74, 6) is -1.66. The van der Waals surface area contributed by atoms with Crippen LogP contribution >= 0.6 is 0 Å². The maximum atomic E-state index is 13.1. The Morgan fingerprint density at radius 1 is 1.12 bits per heavy atom. The monoisotopic (exact) mass is 475 g/mol. The quantitative estimate of drug-likeness (QED) is 0.568. The zero-order valence-electron chi connectivity index (χ0n) is 18.5. The van der Waals surface area contributed by atoms with E-state index in [1.54, 1.807) is 12.1 Å². The van der Waals surface area contributed by atoms with Crippen LogP contribution in [0.25, 0.3) is 5.65 Å². The van der Waals surface area contributed by atoms with Crippen LogP contribution in [-0.2, 0) is 22.2 Å². The molecule has 0 spiro atoms. The van der Waals surface area contributed by atoms with Gasteiger partial charge in [-0.05, 0) is 49.1 Å². The third-order valence-corrected chi connectivity index (χ3v) is 5.73. The number of nitrogens with zero attached hydrogens (tertiary/aromatic N) is 5. The Labute approximate surface area is 193 Å². The van der Waals surface area contributed by atoms with Crippen LogP contribution in [0, 0.1) is 5.92 Å². The Bertz CT molecular complexity index is 1190. The van der Waals surface area contributed by atoms with Crippen molar-refractivity contribution in [2.24, 2.45) is 5.92 Å². The van der Waals surface area contributed by atoms with Crippen LogP contribution in [0.3, 0.4) is 0 Å². The second-order valence-electron chi connectivity index (χ2n) is 8.06. The lowest BCUT2D eigenvalue weighted by Crippen LogP contribution is -2.43. The second-order valence-corrected chi connectivity index (χ2v) is 8.06. The highest BCUT2D eigenvalue weighted by molar-refractivity contribution is 5.94. The molecule has 1 aliphatic rings. The number of aromatic nitrogens is 4. The molecule has 9 nitrogen and oxygen atoms in total. The van der Waals surface area contributed by atoms with Gasteiger partial charge in [-0.15, -0.1) is 15.3 Å². The van der Waals surface area contributed by atoms with E-state index in [1.165, 1.54) is 6.07 Å². The van der Waals surface area contributed by atoms with Gasteiger partial charge in [-0.1, -0.05) is 19.1 Å². The van der Waals surface area contributed by atoms with Crippen molar-refractivity contribution in [1.82, 2.24) is 25.1 Å². The van der Waals surface area contributed by atoms with Crippen molar-refractivity contribution in [2.75, 3.05) is 29.9 Å². The van der Waals surface area contributed by atoms with E-state index in [-0.39, 0.29) is 29.9 Å². The zero-order chi connectivity index (χ0) is 24.3. The molecule has 0 bridgehead atoms. The summed E-state index contributed by atoms with van der Waals surface area (Å²) in [7, 11) is 0. The topological polar surface area (TPSA) is 105 Å². The number of piperidine rings is 1. The zero-order valence-corrected chi connectivity index (χ0v) is 18.5. The molecule has 0 unspecified atom stereocenters. The molecule has 2 amide bonds. The minimum atomic E-state index is -4.67. The average Bonchev–Trinajstić information content (AvgIpc) is 3.27. The molecule has 1 fully saturated rings. The second kappa shape index (κ2) is 9.65. The van der Waals surface area contributed by atoms with Gasteiger partial charge in [0.15, 0.2) is 5.65 Å². The van der Waals surface area contributed by atoms with Gasteiger partial charge in [0.2, 0.25) is 11.8 Å². The van der Waals surface area contributed by atoms with E-state index in [0.29, 0.717) is 42.0 Å². The highest BCUT2D eigenvalue weighted by Crippen LogP contribution is 2.28. The van der Waals surface area contributed by atoms with Gasteiger partial charge in [-0.3, -0.25) is 9.59 Å². The molecular weight excluding hydrogens is 451 g/mol. The Hall–Kier alpha value is -3.70. The van der Waals surface area contributed by atoms with E-state index < -0.39 is 12.0 Å². The molecule has 12 heteroatoms. The lowest BCUT2D eigenvalue weighted by molar-refractivity contribution is -0.146. The van der Waals surface area contributed by atoms with Crippen LogP contribution in [-0.4, -0.2) is 51.3 Å². The predicted molar refractivity (Wildman–Crippen MR) is 118 cm³/mol. The number of alkyl halides is 3. The van der Waals surface area contributed by atoms with Crippen molar-refractivity contribution in [3.63, 3.8) is 0 Å². The van der Waals surface area contributed by atoms with Crippen molar-refractivity contribution in [1.29, 1.82) is 0 Å². The van der Waals surface area contributed by atoms with Crippen LogP contribution in [0.1, 0.15) is 31.2 Å². The molecule has 0 aliphatic carbocycles. The number of carbonyl (C=O) groups excluding carboxylic acids is 2. The molecule has 3 aromatic rings. The summed E-state index contributed by atoms with van der Waals surface area (Å²) >= 11 is 0. The molecular formula is C22H24F3N7O2. The molecule has 1 saturated heterocycles. The molecule has 2 N–H and O–H groups in total. The summed E-state index contributed by atoms with van der Waals surface area (Å²) in [4.78, 5) is 26.5. The molecule has 0 saturated carbocycles. The summed E-state index contributed by atoms with van der Waals surface area (Å²) in [5.41, 5.74) is 1.78. The summed E-state index contributed by atoms with van der Waals surface area (Å²) in [6.07, 6.45) is -2.84. The number of nitrogens with one attached hydrogen (secondary N) is 2. The number of rotatable bonds is 6. The van der Waals surface area contributed by atoms with Crippen LogP contribution < -0.4 is 15.5 Å². The van der Waals surface area contributed by atoms with Crippen molar-refractivity contribution in [2.45, 2.75) is 32.4 Å². The first-order valence-electron chi connectivity index (χ1n) is 11.0. The SMILES string of the molecule is CCc1cccc(NC(=O)CNC(=O)C2CCN(c3ccc4nnc(C(F)(F)F)n4n3)CC2)c1. The molecule has 2 aromatic heterocycles. The molecule has 1 aliphatic heterocycles. The number of amides is 2. The minimum Gasteiger partial charge on any atom is -0.355 e. The lowest BCUT2D eigenvalue weighted by Gasteiger charge is -2.32. The first kappa shape index (κ1) is 23.5. The van der Waals surface area contributed by atoms with E-state index >= 15 is 0 Å². The number of fused-ring (bicyclic) bond motifs is 1. The standard InChI is InChI=1S/C22H24F3N7O2/c1-2-14-4-3-5-16(12-14)27-19(33)13-26-20(34)15-8-10-31(11-9-15)18-7-6-17-28-29-21(22(23,24)25)32(17)30-18/h3-7,12,15H,2,8-11,13H2,1H3,(H,26,34)(H,27,33). The lowest BCUT2D eigenvalue weighted by atomic mass is 9.96. The van der Waals surface area contributed by atoms with Gasteiger partial charge >= 0.3 is 6.18 Å². The third-order valence-electron chi connectivity index (χ3n) is 5.73. The number of hydrogen-bond donors (Lipinski definition) is 2. The largest absolute Gasteiger partial charge is 0.453 e. The molecule has 180 valence electrons. The van der Waals surface area contributed by atoms with Gasteiger partial charge in [0.25, 0.3) is 5.82 Å². The molecule has 34 heavy (non-hydrogen) atoms. The van der Waals surface area contributed by atoms with Gasteiger partial charge in [0.1, 0.15) is 5.82 Å². The summed E-state index contributed by atoms with van der Waals surface area (Å²) in [6.45, 7) is 2.77. The minimum absolute atomic E-state index is 0.00466. The van der Waals surface area contributed by atoms with Crippen molar-refractivity contribution < 1.29 is 22.8 Å². The fourth-order valence-corrected chi connectivity index (χ4v) is 3.88. The van der Waals surface area contributed by atoms with E-state index in [2.05, 4.69) is 25.9 Å². The Balaban J connectivity index is 1.29. The highest BCUT2D eigenvalue weighted by atomic mass is 19.4. The number of hydrogen-bond acceptors (Lipinski definition) is 6. The molecule has 1 aromatic carbocycles. The van der Waals surface area contributed by atoms with E-state index in [9.17, 15) is 22.8 Å². The van der Waals surface area contributed by atoms with Crippen LogP contribution in [0.2, 0.25) is 0 Å². The summed E-state index contributed by atoms with van der Waals surface area (Å²) < 4.78 is 40.0. The maximum Gasteiger partial charge on any atom is 0.453 e. The first-order valence-corrected chi connectivity index (χ1v) is 11.0. The number of anilines is 2. The molecule has 3 heterocycles. The normalized spacial score (nSPS) is 14.9. The first-order chi connectivity index (χ1) is 16.2. The molecule has 4 rings (SSSR count). The van der Waals surface area contributed by atoms with Crippen LogP contribution in [0.15, 0.2) is 36.4 Å². The maximum absolute atomic E-state index is 13.1. The summed E-state index contributed by atoms with van der Waals surface area (Å²) in [6, 6.07) is 10.5. The van der Waals surface area contributed by atoms with Crippen molar-refractivity contribution >= 4 is 29.0 Å². The predicted octanol–water partition coefficient (Wildman–Crippen LogP) is 2.68. The molecule has 0 radical (unpaired) electrons. The Kier molecular flexibility index (Phi) is 6.66. The van der Waals surface area contributed by atoms with Gasteiger partial charge in [-0.2, -0.15) is 17.7 Å². The van der Waals surface area contributed by atoms with Gasteiger partial charge in [0, 0.05) is 24.7 Å². The number of benzene rings is 1. The van der Waals surface area contributed by atoms with Gasteiger partial charge in [0.05, 0.1) is 6.54 Å². The van der Waals surface area contributed by atoms with E-state index in [0.717, 1.165) is 12.0 Å². The van der Waals surface area contributed by atoms with Crippen molar-refractivity contribution in [3.8, 4) is 0 Å². The fraction of sp³-hybridized carbons (Fsp3) is 0.409. The Morgan fingerprint density at radius 2 is 1.88 bits per heavy atom. The van der Waals surface area contributed by atoms with Gasteiger partial charge in [-0.25, -0.2) is 0 Å². The summed E-state index contributed by atoms with van der Waals surface area (Å²) in [5, 5.41) is 16.2. The smallest absolute Gasteiger partial charge is 0.355 e. The Morgan fingerprint density at radius 3 is 2.59 bits per heavy atom. The highest BCUT2D eigenvalue weighted by Gasteiger charge is 2.38. The third kappa shape index (κ3) is 5.26. The van der Waals surface area contributed by atoms with Gasteiger partial charge < -0.3 is 15.5 Å². The van der Waals surface area contributed by atoms with Crippen LogP contribution in [0.5, 0.6) is 0 Å². The fourth-order valence-electron chi connectivity index (χ4n) is 3.88. The van der Waals surface area contributed by atoms with E-state index in [4.69, 9.17) is 0 Å². The molecule has 0 atom stereocenters. The van der Waals surface area contributed by atoms with Crippen molar-refractivity contribution in [3.05, 3.63) is 47.8 Å².